The van der Waals surface area contributed by atoms with Crippen LogP contribution < -0.4 is 15.8 Å². The van der Waals surface area contributed by atoms with Gasteiger partial charge in [0.1, 0.15) is 6.54 Å². The lowest BCUT2D eigenvalue weighted by molar-refractivity contribution is -0.904. The zero-order valence-corrected chi connectivity index (χ0v) is 16.0. The second kappa shape index (κ2) is 8.25. The van der Waals surface area contributed by atoms with Crippen LogP contribution in [0.1, 0.15) is 12.7 Å². The third-order valence-corrected chi connectivity index (χ3v) is 4.59. The molecule has 0 aliphatic carbocycles. The zero-order chi connectivity index (χ0) is 18.5. The van der Waals surface area contributed by atoms with Crippen LogP contribution in [0.15, 0.2) is 57.8 Å². The van der Waals surface area contributed by atoms with Crippen LogP contribution in [0.25, 0.3) is 10.9 Å². The number of hydrogen-bond donors (Lipinski definition) is 3. The molecule has 26 heavy (non-hydrogen) atoms. The number of nitrogens with one attached hydrogen (secondary N) is 3. The second-order valence-electron chi connectivity index (χ2n) is 6.05. The number of benzene rings is 2. The van der Waals surface area contributed by atoms with E-state index in [1.807, 2.05) is 49.4 Å². The van der Waals surface area contributed by atoms with Crippen molar-refractivity contribution in [3.63, 3.8) is 0 Å². The number of carbonyl (C=O) groups is 1. The molecule has 3 N–H and O–H groups in total. The van der Waals surface area contributed by atoms with Crippen molar-refractivity contribution in [2.24, 2.45) is 0 Å². The summed E-state index contributed by atoms with van der Waals surface area (Å²) >= 11 is 3.39. The predicted octanol–water partition coefficient (Wildman–Crippen LogP) is 1.73. The quantitative estimate of drug-likeness (QED) is 0.573. The van der Waals surface area contributed by atoms with Crippen molar-refractivity contribution in [1.82, 2.24) is 9.97 Å². The summed E-state index contributed by atoms with van der Waals surface area (Å²) in [6.45, 7) is 3.51. The van der Waals surface area contributed by atoms with Gasteiger partial charge in [0.05, 0.1) is 17.4 Å². The summed E-state index contributed by atoms with van der Waals surface area (Å²) < 4.78 is 0.910. The highest BCUT2D eigenvalue weighted by molar-refractivity contribution is 9.10. The maximum Gasteiger partial charge on any atom is 0.279 e. The Morgan fingerprint density at radius 1 is 1.23 bits per heavy atom. The van der Waals surface area contributed by atoms with Gasteiger partial charge in [0.25, 0.3) is 11.5 Å². The van der Waals surface area contributed by atoms with E-state index in [2.05, 4.69) is 31.2 Å². The molecule has 3 aromatic rings. The third kappa shape index (κ3) is 4.56. The zero-order valence-electron chi connectivity index (χ0n) is 14.4. The summed E-state index contributed by atoms with van der Waals surface area (Å²) in [6.07, 6.45) is 0. The van der Waals surface area contributed by atoms with Crippen molar-refractivity contribution in [3.8, 4) is 0 Å². The Hall–Kier alpha value is -2.51. The molecule has 2 aromatic carbocycles. The first-order chi connectivity index (χ1) is 12.5. The van der Waals surface area contributed by atoms with Crippen LogP contribution >= 0.6 is 15.9 Å². The van der Waals surface area contributed by atoms with Crippen LogP contribution in [0.4, 0.5) is 5.69 Å². The average Bonchev–Trinajstić information content (AvgIpc) is 2.61. The Morgan fingerprint density at radius 2 is 2.04 bits per heavy atom. The van der Waals surface area contributed by atoms with Gasteiger partial charge in [0, 0.05) is 10.2 Å². The van der Waals surface area contributed by atoms with Gasteiger partial charge in [-0.3, -0.25) is 9.59 Å². The van der Waals surface area contributed by atoms with Crippen molar-refractivity contribution < 1.29 is 9.69 Å². The van der Waals surface area contributed by atoms with Gasteiger partial charge >= 0.3 is 0 Å². The Labute approximate surface area is 159 Å². The lowest BCUT2D eigenvalue weighted by atomic mass is 10.2. The van der Waals surface area contributed by atoms with Gasteiger partial charge in [0.2, 0.25) is 0 Å². The van der Waals surface area contributed by atoms with Crippen molar-refractivity contribution in [2.45, 2.75) is 13.5 Å². The maximum absolute atomic E-state index is 12.3. The summed E-state index contributed by atoms with van der Waals surface area (Å²) in [5.74, 6) is 0.504. The van der Waals surface area contributed by atoms with Gasteiger partial charge in [0.15, 0.2) is 12.4 Å². The highest BCUT2D eigenvalue weighted by Crippen LogP contribution is 2.15. The molecule has 1 atom stereocenters. The van der Waals surface area contributed by atoms with Crippen molar-refractivity contribution in [2.75, 3.05) is 18.4 Å². The van der Waals surface area contributed by atoms with E-state index in [0.717, 1.165) is 21.6 Å². The maximum atomic E-state index is 12.3. The lowest BCUT2D eigenvalue weighted by Gasteiger charge is -2.17. The summed E-state index contributed by atoms with van der Waals surface area (Å²) in [4.78, 5) is 32.8. The number of para-hydroxylation sites is 1. The monoisotopic (exact) mass is 415 g/mol. The fourth-order valence-corrected chi connectivity index (χ4v) is 3.17. The van der Waals surface area contributed by atoms with E-state index in [-0.39, 0.29) is 11.5 Å². The molecule has 6 nitrogen and oxygen atoms in total. The molecule has 1 unspecified atom stereocenters. The fraction of sp³-hybridized carbons (Fsp3) is 0.211. The number of aromatic amines is 1. The summed E-state index contributed by atoms with van der Waals surface area (Å²) in [7, 11) is 0. The van der Waals surface area contributed by atoms with Crippen molar-refractivity contribution >= 4 is 38.4 Å². The molecule has 0 aliphatic heterocycles. The Morgan fingerprint density at radius 3 is 2.81 bits per heavy atom. The molecular formula is C19H20BrN4O2+. The van der Waals surface area contributed by atoms with Gasteiger partial charge in [-0.25, -0.2) is 4.98 Å². The number of amides is 1. The number of anilines is 1. The van der Waals surface area contributed by atoms with E-state index in [4.69, 9.17) is 0 Å². The standard InChI is InChI=1S/C19H19BrN4O2/c1-2-24(12-18(25)21-14-7-5-6-13(20)10-14)11-17-22-16-9-4-3-8-15(16)19(26)23-17/h3-10H,2,11-12H2,1H3,(H,21,25)(H,22,23,26)/p+1. The minimum Gasteiger partial charge on any atom is -0.321 e. The highest BCUT2D eigenvalue weighted by Gasteiger charge is 2.15. The minimum atomic E-state index is -0.153. The summed E-state index contributed by atoms with van der Waals surface area (Å²) in [6, 6.07) is 14.7. The molecule has 3 rings (SSSR count). The van der Waals surface area contributed by atoms with Crippen molar-refractivity contribution in [1.29, 1.82) is 0 Å². The van der Waals surface area contributed by atoms with E-state index in [1.54, 1.807) is 6.07 Å². The lowest BCUT2D eigenvalue weighted by Crippen LogP contribution is -3.11. The molecule has 0 saturated heterocycles. The fourth-order valence-electron chi connectivity index (χ4n) is 2.77. The highest BCUT2D eigenvalue weighted by atomic mass is 79.9. The first kappa shape index (κ1) is 18.3. The van der Waals surface area contributed by atoms with Crippen LogP contribution in [0.3, 0.4) is 0 Å². The van der Waals surface area contributed by atoms with Crippen LogP contribution in [-0.4, -0.2) is 29.0 Å². The number of hydrogen-bond acceptors (Lipinski definition) is 3. The number of quaternary nitrogens is 1. The Balaban J connectivity index is 1.69. The van der Waals surface area contributed by atoms with Gasteiger partial charge in [-0.05, 0) is 37.3 Å². The number of rotatable bonds is 6. The van der Waals surface area contributed by atoms with E-state index in [1.165, 1.54) is 0 Å². The smallest absolute Gasteiger partial charge is 0.279 e. The van der Waals surface area contributed by atoms with Crippen LogP contribution in [0.2, 0.25) is 0 Å². The number of H-pyrrole nitrogens is 1. The molecule has 0 radical (unpaired) electrons. The number of carbonyl (C=O) groups excluding carboxylic acids is 1. The Kier molecular flexibility index (Phi) is 5.80. The summed E-state index contributed by atoms with van der Waals surface area (Å²) in [5.41, 5.74) is 1.26. The third-order valence-electron chi connectivity index (χ3n) is 4.10. The minimum absolute atomic E-state index is 0.0805. The number of likely N-dealkylation sites (N-methyl/N-ethyl adjacent to an activating group) is 1. The molecule has 0 spiro atoms. The number of aromatic nitrogens is 2. The van der Waals surface area contributed by atoms with E-state index < -0.39 is 0 Å². The molecule has 7 heteroatoms. The Bertz CT molecular complexity index is 986. The van der Waals surface area contributed by atoms with Gasteiger partial charge in [-0.15, -0.1) is 0 Å². The SMILES string of the molecule is CC[NH+](CC(=O)Nc1cccc(Br)c1)Cc1nc2ccccc2c(=O)[nH]1. The number of nitrogens with zero attached hydrogens (tertiary/aromatic N) is 1. The molecule has 0 fully saturated rings. The van der Waals surface area contributed by atoms with E-state index >= 15 is 0 Å². The van der Waals surface area contributed by atoms with Gasteiger partial charge < -0.3 is 15.2 Å². The predicted molar refractivity (Wildman–Crippen MR) is 105 cm³/mol. The molecule has 1 aromatic heterocycles. The molecule has 134 valence electrons. The molecular weight excluding hydrogens is 396 g/mol. The van der Waals surface area contributed by atoms with E-state index in [9.17, 15) is 9.59 Å². The molecule has 1 heterocycles. The normalized spacial score (nSPS) is 12.1. The topological polar surface area (TPSA) is 79.3 Å². The van der Waals surface area contributed by atoms with E-state index in [0.29, 0.717) is 29.8 Å². The number of halogens is 1. The first-order valence-corrected chi connectivity index (χ1v) is 9.21. The van der Waals surface area contributed by atoms with Gasteiger partial charge in [-0.1, -0.05) is 34.1 Å². The molecule has 0 aliphatic rings. The second-order valence-corrected chi connectivity index (χ2v) is 6.96. The first-order valence-electron chi connectivity index (χ1n) is 8.42. The number of fused-ring (bicyclic) bond motifs is 1. The molecule has 0 saturated carbocycles. The molecule has 0 bridgehead atoms. The van der Waals surface area contributed by atoms with Gasteiger partial charge in [-0.2, -0.15) is 0 Å². The van der Waals surface area contributed by atoms with Crippen molar-refractivity contribution in [3.05, 3.63) is 69.2 Å². The summed E-state index contributed by atoms with van der Waals surface area (Å²) in [5, 5.41) is 3.46. The van der Waals surface area contributed by atoms with Crippen LogP contribution in [0, 0.1) is 0 Å². The van der Waals surface area contributed by atoms with Crippen LogP contribution in [0.5, 0.6) is 0 Å². The van der Waals surface area contributed by atoms with Crippen LogP contribution in [-0.2, 0) is 11.3 Å². The largest absolute Gasteiger partial charge is 0.321 e. The average molecular weight is 416 g/mol. The molecule has 1 amide bonds.